The Morgan fingerprint density at radius 3 is 2.33 bits per heavy atom. The van der Waals surface area contributed by atoms with Gasteiger partial charge in [0, 0.05) is 11.7 Å². The molecule has 18 heavy (non-hydrogen) atoms. The molecule has 98 valence electrons. The molecule has 2 rings (SSSR count). The van der Waals surface area contributed by atoms with Crippen molar-refractivity contribution in [3.8, 4) is 0 Å². The lowest BCUT2D eigenvalue weighted by molar-refractivity contribution is 0.590. The molecule has 0 spiro atoms. The predicted molar refractivity (Wildman–Crippen MR) is 80.1 cm³/mol. The Morgan fingerprint density at radius 2 is 1.89 bits per heavy atom. The van der Waals surface area contributed by atoms with Gasteiger partial charge in [0.05, 0.1) is 0 Å². The minimum absolute atomic E-state index is 0.232. The first-order valence-corrected chi connectivity index (χ1v) is 6.98. The summed E-state index contributed by atoms with van der Waals surface area (Å²) in [5.41, 5.74) is 2.86. The second kappa shape index (κ2) is 5.17. The molecule has 0 aliphatic heterocycles. The molecular weight excluding hydrogens is 218 g/mol. The van der Waals surface area contributed by atoms with Gasteiger partial charge in [0.2, 0.25) is 0 Å². The maximum absolute atomic E-state index is 3.86. The smallest absolute Gasteiger partial charge is 0.0342 e. The summed E-state index contributed by atoms with van der Waals surface area (Å²) in [7, 11) is 0. The highest BCUT2D eigenvalue weighted by Gasteiger charge is 2.30. The Hall–Kier alpha value is -1.24. The molecule has 1 unspecified atom stereocenters. The van der Waals surface area contributed by atoms with Gasteiger partial charge in [-0.1, -0.05) is 39.0 Å². The number of benzene rings is 1. The van der Waals surface area contributed by atoms with Gasteiger partial charge in [-0.05, 0) is 48.3 Å². The first-order chi connectivity index (χ1) is 8.50. The van der Waals surface area contributed by atoms with E-state index in [0.29, 0.717) is 6.04 Å². The van der Waals surface area contributed by atoms with Crippen molar-refractivity contribution in [2.24, 2.45) is 5.92 Å². The van der Waals surface area contributed by atoms with Crippen LogP contribution in [0.4, 0.5) is 5.69 Å². The largest absolute Gasteiger partial charge is 0.382 e. The molecule has 1 saturated carbocycles. The Morgan fingerprint density at radius 1 is 1.28 bits per heavy atom. The fraction of sp³-hybridized carbons (Fsp3) is 0.529. The Bertz CT molecular complexity index is 393. The van der Waals surface area contributed by atoms with Gasteiger partial charge >= 0.3 is 0 Å². The van der Waals surface area contributed by atoms with Crippen molar-refractivity contribution in [2.45, 2.75) is 51.5 Å². The van der Waals surface area contributed by atoms with Crippen LogP contribution in [0.3, 0.4) is 0 Å². The van der Waals surface area contributed by atoms with Crippen molar-refractivity contribution >= 4 is 5.69 Å². The van der Waals surface area contributed by atoms with Crippen molar-refractivity contribution in [1.29, 1.82) is 0 Å². The van der Waals surface area contributed by atoms with Gasteiger partial charge in [-0.15, -0.1) is 6.58 Å². The van der Waals surface area contributed by atoms with E-state index in [-0.39, 0.29) is 5.41 Å². The molecule has 1 atom stereocenters. The Labute approximate surface area is 111 Å². The fourth-order valence-electron chi connectivity index (χ4n) is 2.33. The minimum Gasteiger partial charge on any atom is -0.382 e. The third-order valence-electron chi connectivity index (χ3n) is 3.71. The predicted octanol–water partition coefficient (Wildman–Crippen LogP) is 4.75. The molecule has 1 aromatic carbocycles. The summed E-state index contributed by atoms with van der Waals surface area (Å²) in [6.45, 7) is 10.6. The molecule has 1 aliphatic carbocycles. The van der Waals surface area contributed by atoms with Gasteiger partial charge in [0.1, 0.15) is 0 Å². The number of hydrogen-bond acceptors (Lipinski definition) is 1. The third-order valence-corrected chi connectivity index (χ3v) is 3.71. The zero-order chi connectivity index (χ0) is 13.2. The fourth-order valence-corrected chi connectivity index (χ4v) is 2.33. The van der Waals surface area contributed by atoms with Crippen LogP contribution < -0.4 is 5.32 Å². The molecule has 0 amide bonds. The first-order valence-electron chi connectivity index (χ1n) is 6.98. The zero-order valence-electron chi connectivity index (χ0n) is 11.9. The van der Waals surface area contributed by atoms with Gasteiger partial charge in [-0.2, -0.15) is 0 Å². The van der Waals surface area contributed by atoms with Crippen molar-refractivity contribution in [3.05, 3.63) is 42.5 Å². The van der Waals surface area contributed by atoms with E-state index < -0.39 is 0 Å². The van der Waals surface area contributed by atoms with E-state index in [1.54, 1.807) is 0 Å². The van der Waals surface area contributed by atoms with Gasteiger partial charge in [0.25, 0.3) is 0 Å². The maximum atomic E-state index is 3.86. The van der Waals surface area contributed by atoms with Crippen LogP contribution in [-0.4, -0.2) is 6.04 Å². The highest BCUT2D eigenvalue weighted by molar-refractivity contribution is 5.47. The number of hydrogen-bond donors (Lipinski definition) is 1. The molecule has 1 aliphatic rings. The van der Waals surface area contributed by atoms with E-state index in [9.17, 15) is 0 Å². The van der Waals surface area contributed by atoms with Gasteiger partial charge in [-0.3, -0.25) is 0 Å². The lowest BCUT2D eigenvalue weighted by atomic mass is 9.87. The molecule has 0 heterocycles. The normalized spacial score (nSPS) is 17.3. The summed E-state index contributed by atoms with van der Waals surface area (Å²) >= 11 is 0. The highest BCUT2D eigenvalue weighted by atomic mass is 14.9. The summed E-state index contributed by atoms with van der Waals surface area (Å²) in [5, 5.41) is 3.65. The molecule has 0 bridgehead atoms. The number of anilines is 1. The molecule has 1 N–H and O–H groups in total. The lowest BCUT2D eigenvalue weighted by Gasteiger charge is -2.21. The average molecular weight is 243 g/mol. The first kappa shape index (κ1) is 13.2. The summed E-state index contributed by atoms with van der Waals surface area (Å²) in [4.78, 5) is 0. The Balaban J connectivity index is 2.02. The van der Waals surface area contributed by atoms with E-state index in [4.69, 9.17) is 0 Å². The van der Waals surface area contributed by atoms with E-state index in [0.717, 1.165) is 12.3 Å². The number of nitrogens with one attached hydrogen (secondary N) is 1. The lowest BCUT2D eigenvalue weighted by Crippen LogP contribution is -2.21. The molecule has 1 fully saturated rings. The van der Waals surface area contributed by atoms with E-state index in [1.165, 1.54) is 24.1 Å². The van der Waals surface area contributed by atoms with Crippen LogP contribution in [0.25, 0.3) is 0 Å². The van der Waals surface area contributed by atoms with E-state index >= 15 is 0 Å². The zero-order valence-corrected chi connectivity index (χ0v) is 11.9. The molecule has 0 saturated heterocycles. The van der Waals surface area contributed by atoms with Crippen LogP contribution in [0.2, 0.25) is 0 Å². The summed E-state index contributed by atoms with van der Waals surface area (Å²) in [6, 6.07) is 9.46. The van der Waals surface area contributed by atoms with Gasteiger partial charge in [-0.25, -0.2) is 0 Å². The van der Waals surface area contributed by atoms with Crippen LogP contribution in [-0.2, 0) is 5.41 Å². The topological polar surface area (TPSA) is 12.0 Å². The molecule has 0 aromatic heterocycles. The average Bonchev–Trinajstić information content (AvgIpc) is 3.12. The summed E-state index contributed by atoms with van der Waals surface area (Å²) in [6.07, 6.45) is 5.82. The van der Waals surface area contributed by atoms with Crippen molar-refractivity contribution in [3.63, 3.8) is 0 Å². The number of rotatable bonds is 5. The van der Waals surface area contributed by atoms with Crippen LogP contribution in [0.5, 0.6) is 0 Å². The standard InChI is InChI=1S/C17H25N/c1-5-6-16(13-7-8-13)18-15-11-9-14(10-12-15)17(2,3)4/h5,9-13,16,18H,1,6-8H2,2-4H3. The second-order valence-electron chi connectivity index (χ2n) is 6.44. The van der Waals surface area contributed by atoms with E-state index in [2.05, 4.69) is 56.9 Å². The van der Waals surface area contributed by atoms with Crippen molar-refractivity contribution in [1.82, 2.24) is 0 Å². The molecule has 1 aromatic rings. The van der Waals surface area contributed by atoms with Crippen LogP contribution in [0.1, 0.15) is 45.6 Å². The SMILES string of the molecule is C=CCC(Nc1ccc(C(C)(C)C)cc1)C1CC1. The Kier molecular flexibility index (Phi) is 3.79. The monoisotopic (exact) mass is 243 g/mol. The van der Waals surface area contributed by atoms with Gasteiger partial charge < -0.3 is 5.32 Å². The second-order valence-corrected chi connectivity index (χ2v) is 6.44. The highest BCUT2D eigenvalue weighted by Crippen LogP contribution is 2.36. The summed E-state index contributed by atoms with van der Waals surface area (Å²) < 4.78 is 0. The van der Waals surface area contributed by atoms with Gasteiger partial charge in [0.15, 0.2) is 0 Å². The quantitative estimate of drug-likeness (QED) is 0.736. The van der Waals surface area contributed by atoms with Crippen molar-refractivity contribution in [2.75, 3.05) is 5.32 Å². The minimum atomic E-state index is 0.232. The van der Waals surface area contributed by atoms with E-state index in [1.807, 2.05) is 6.08 Å². The van der Waals surface area contributed by atoms with Crippen LogP contribution in [0.15, 0.2) is 36.9 Å². The van der Waals surface area contributed by atoms with Crippen LogP contribution in [0, 0.1) is 5.92 Å². The summed E-state index contributed by atoms with van der Waals surface area (Å²) in [5.74, 6) is 0.852. The molecule has 1 nitrogen and oxygen atoms in total. The third kappa shape index (κ3) is 3.38. The molecule has 1 heteroatoms. The van der Waals surface area contributed by atoms with Crippen LogP contribution >= 0.6 is 0 Å². The molecular formula is C17H25N. The van der Waals surface area contributed by atoms with Crippen molar-refractivity contribution < 1.29 is 0 Å². The maximum Gasteiger partial charge on any atom is 0.0342 e. The molecule has 0 radical (unpaired) electrons.